The minimum atomic E-state index is -4.22. The van der Waals surface area contributed by atoms with Gasteiger partial charge in [-0.3, -0.25) is 13.9 Å². The number of para-hydroxylation sites is 1. The van der Waals surface area contributed by atoms with Gasteiger partial charge in [0.2, 0.25) is 11.8 Å². The Labute approximate surface area is 251 Å². The molecule has 0 fully saturated rings. The first kappa shape index (κ1) is 31.7. The van der Waals surface area contributed by atoms with Crippen LogP contribution < -0.4 is 9.62 Å². The lowest BCUT2D eigenvalue weighted by Gasteiger charge is -2.35. The highest BCUT2D eigenvalue weighted by molar-refractivity contribution is 7.92. The Balaban J connectivity index is 2.10. The number of benzene rings is 3. The van der Waals surface area contributed by atoms with Crippen molar-refractivity contribution >= 4 is 62.3 Å². The van der Waals surface area contributed by atoms with Crippen molar-refractivity contribution in [2.45, 2.75) is 57.1 Å². The highest BCUT2D eigenvalue weighted by Gasteiger charge is 2.35. The predicted molar refractivity (Wildman–Crippen MR) is 161 cm³/mol. The fourth-order valence-corrected chi connectivity index (χ4v) is 6.30. The SMILES string of the molecule is CC[C@H](C(=O)NC(C)(C)C)N(Cc1ccc(Cl)cc1Cl)C(=O)CN(c1ccccc1Cl)S(=O)(=O)c1ccccc1. The van der Waals surface area contributed by atoms with Crippen molar-refractivity contribution in [2.75, 3.05) is 10.8 Å². The zero-order valence-corrected chi connectivity index (χ0v) is 25.8. The van der Waals surface area contributed by atoms with Crippen LogP contribution in [0.3, 0.4) is 0 Å². The molecule has 0 aromatic heterocycles. The van der Waals surface area contributed by atoms with Gasteiger partial charge >= 0.3 is 0 Å². The largest absolute Gasteiger partial charge is 0.350 e. The first-order valence-electron chi connectivity index (χ1n) is 12.6. The molecule has 0 aliphatic carbocycles. The summed E-state index contributed by atoms with van der Waals surface area (Å²) in [7, 11) is -4.22. The van der Waals surface area contributed by atoms with Crippen molar-refractivity contribution in [2.24, 2.45) is 0 Å². The lowest BCUT2D eigenvalue weighted by atomic mass is 10.1. The summed E-state index contributed by atoms with van der Waals surface area (Å²) >= 11 is 18.9. The van der Waals surface area contributed by atoms with E-state index in [1.54, 1.807) is 61.5 Å². The number of nitrogens with zero attached hydrogens (tertiary/aromatic N) is 2. The van der Waals surface area contributed by atoms with E-state index >= 15 is 0 Å². The van der Waals surface area contributed by atoms with Gasteiger partial charge in [-0.05, 0) is 69.2 Å². The number of hydrogen-bond donors (Lipinski definition) is 1. The van der Waals surface area contributed by atoms with Gasteiger partial charge in [-0.25, -0.2) is 8.42 Å². The van der Waals surface area contributed by atoms with E-state index < -0.39 is 34.1 Å². The molecule has 0 unspecified atom stereocenters. The molecule has 0 aliphatic heterocycles. The molecule has 40 heavy (non-hydrogen) atoms. The summed E-state index contributed by atoms with van der Waals surface area (Å²) in [5, 5.41) is 3.81. The Morgan fingerprint density at radius 3 is 2.10 bits per heavy atom. The van der Waals surface area contributed by atoms with E-state index in [9.17, 15) is 18.0 Å². The molecule has 0 spiro atoms. The van der Waals surface area contributed by atoms with Crippen LogP contribution in [0.2, 0.25) is 15.1 Å². The van der Waals surface area contributed by atoms with Crippen LogP contribution >= 0.6 is 34.8 Å². The summed E-state index contributed by atoms with van der Waals surface area (Å²) in [5.41, 5.74) is 0.131. The van der Waals surface area contributed by atoms with E-state index in [1.165, 1.54) is 23.1 Å². The minimum absolute atomic E-state index is 0.00691. The van der Waals surface area contributed by atoms with Crippen molar-refractivity contribution in [1.29, 1.82) is 0 Å². The average Bonchev–Trinajstić information content (AvgIpc) is 2.88. The first-order chi connectivity index (χ1) is 18.7. The standard InChI is InChI=1S/C29H32Cl3N3O4S/c1-5-25(28(37)33-29(2,3)4)34(18-20-15-16-21(30)17-24(20)32)27(36)19-35(26-14-10-9-13-23(26)31)40(38,39)22-11-7-6-8-12-22/h6-17,25H,5,18-19H2,1-4H3,(H,33,37)/t25-/m1/s1. The molecule has 0 radical (unpaired) electrons. The lowest BCUT2D eigenvalue weighted by molar-refractivity contribution is -0.141. The topological polar surface area (TPSA) is 86.8 Å². The number of halogens is 3. The van der Waals surface area contributed by atoms with E-state index in [1.807, 2.05) is 20.8 Å². The molecule has 3 rings (SSSR count). The van der Waals surface area contributed by atoms with Gasteiger partial charge in [-0.2, -0.15) is 0 Å². The Hall–Kier alpha value is -2.78. The van der Waals surface area contributed by atoms with E-state index in [-0.39, 0.29) is 34.5 Å². The second kappa shape index (κ2) is 13.3. The summed E-state index contributed by atoms with van der Waals surface area (Å²) in [5.74, 6) is -0.981. The summed E-state index contributed by atoms with van der Waals surface area (Å²) in [4.78, 5) is 28.8. The van der Waals surface area contributed by atoms with Gasteiger partial charge in [0.1, 0.15) is 12.6 Å². The van der Waals surface area contributed by atoms with Crippen LogP contribution in [-0.2, 0) is 26.2 Å². The van der Waals surface area contributed by atoms with Crippen LogP contribution in [0, 0.1) is 0 Å². The van der Waals surface area contributed by atoms with Crippen molar-refractivity contribution in [3.05, 3.63) is 93.4 Å². The van der Waals surface area contributed by atoms with Crippen LogP contribution in [0.15, 0.2) is 77.7 Å². The molecule has 0 aliphatic rings. The fourth-order valence-electron chi connectivity index (χ4n) is 4.09. The molecular formula is C29H32Cl3N3O4S. The van der Waals surface area contributed by atoms with E-state index in [4.69, 9.17) is 34.8 Å². The summed E-state index contributed by atoms with van der Waals surface area (Å²) in [6.45, 7) is 6.64. The monoisotopic (exact) mass is 623 g/mol. The Morgan fingerprint density at radius 1 is 0.900 bits per heavy atom. The number of carbonyl (C=O) groups excluding carboxylic acids is 2. The summed E-state index contributed by atoms with van der Waals surface area (Å²) in [6, 6.07) is 18.1. The number of amides is 2. The zero-order valence-electron chi connectivity index (χ0n) is 22.7. The maximum atomic E-state index is 14.1. The molecule has 2 amide bonds. The van der Waals surface area contributed by atoms with Gasteiger partial charge in [0, 0.05) is 22.1 Å². The first-order valence-corrected chi connectivity index (χ1v) is 15.2. The van der Waals surface area contributed by atoms with Crippen LogP contribution in [-0.4, -0.2) is 43.3 Å². The second-order valence-corrected chi connectivity index (χ2v) is 13.3. The number of nitrogens with one attached hydrogen (secondary N) is 1. The molecule has 0 heterocycles. The summed E-state index contributed by atoms with van der Waals surface area (Å²) in [6.07, 6.45) is 0.274. The molecule has 1 N–H and O–H groups in total. The van der Waals surface area contributed by atoms with Crippen molar-refractivity contribution in [3.8, 4) is 0 Å². The van der Waals surface area contributed by atoms with Crippen LogP contribution in [0.5, 0.6) is 0 Å². The number of anilines is 1. The van der Waals surface area contributed by atoms with Crippen molar-refractivity contribution in [3.63, 3.8) is 0 Å². The molecule has 0 saturated heterocycles. The second-order valence-electron chi connectivity index (χ2n) is 10.2. The molecule has 0 saturated carbocycles. The van der Waals surface area contributed by atoms with Gasteiger partial charge in [-0.1, -0.05) is 78.1 Å². The molecular weight excluding hydrogens is 593 g/mol. The average molecular weight is 625 g/mol. The molecule has 11 heteroatoms. The van der Waals surface area contributed by atoms with Crippen molar-refractivity contribution < 1.29 is 18.0 Å². The van der Waals surface area contributed by atoms with Crippen LogP contribution in [0.1, 0.15) is 39.7 Å². The highest BCUT2D eigenvalue weighted by Crippen LogP contribution is 2.31. The molecule has 3 aromatic rings. The van der Waals surface area contributed by atoms with Crippen LogP contribution in [0.25, 0.3) is 0 Å². The van der Waals surface area contributed by atoms with E-state index in [0.29, 0.717) is 15.6 Å². The highest BCUT2D eigenvalue weighted by atomic mass is 35.5. The molecule has 1 atom stereocenters. The third-order valence-corrected chi connectivity index (χ3v) is 8.65. The molecule has 0 bridgehead atoms. The van der Waals surface area contributed by atoms with E-state index in [0.717, 1.165) is 4.31 Å². The maximum Gasteiger partial charge on any atom is 0.264 e. The Morgan fingerprint density at radius 2 is 1.52 bits per heavy atom. The quantitative estimate of drug-likeness (QED) is 0.277. The lowest BCUT2D eigenvalue weighted by Crippen LogP contribution is -2.55. The number of carbonyl (C=O) groups is 2. The smallest absolute Gasteiger partial charge is 0.264 e. The fraction of sp³-hybridized carbons (Fsp3) is 0.310. The van der Waals surface area contributed by atoms with Gasteiger partial charge in [0.25, 0.3) is 10.0 Å². The molecule has 3 aromatic carbocycles. The number of sulfonamides is 1. The zero-order chi connectivity index (χ0) is 29.7. The normalized spacial score (nSPS) is 12.5. The van der Waals surface area contributed by atoms with Gasteiger partial charge < -0.3 is 10.2 Å². The van der Waals surface area contributed by atoms with Crippen LogP contribution in [0.4, 0.5) is 5.69 Å². The van der Waals surface area contributed by atoms with Gasteiger partial charge in [0.05, 0.1) is 15.6 Å². The number of rotatable bonds is 10. The van der Waals surface area contributed by atoms with Gasteiger partial charge in [-0.15, -0.1) is 0 Å². The maximum absolute atomic E-state index is 14.1. The van der Waals surface area contributed by atoms with Gasteiger partial charge in [0.15, 0.2) is 0 Å². The summed E-state index contributed by atoms with van der Waals surface area (Å²) < 4.78 is 28.6. The van der Waals surface area contributed by atoms with Crippen molar-refractivity contribution in [1.82, 2.24) is 10.2 Å². The third-order valence-electron chi connectivity index (χ3n) is 5.97. The predicted octanol–water partition coefficient (Wildman–Crippen LogP) is 6.56. The third kappa shape index (κ3) is 7.91. The minimum Gasteiger partial charge on any atom is -0.350 e. The van der Waals surface area contributed by atoms with E-state index in [2.05, 4.69) is 5.32 Å². The number of hydrogen-bond acceptors (Lipinski definition) is 4. The Bertz CT molecular complexity index is 1460. The Kier molecular flexibility index (Phi) is 10.5. The molecule has 214 valence electrons. The molecule has 7 nitrogen and oxygen atoms in total.